The molecule has 0 saturated heterocycles. The van der Waals surface area contributed by atoms with Crippen LogP contribution in [0.5, 0.6) is 28.7 Å². The Hall–Kier alpha value is -4.45. The van der Waals surface area contributed by atoms with Gasteiger partial charge in [0, 0.05) is 23.8 Å². The third-order valence-electron chi connectivity index (χ3n) is 6.31. The molecule has 0 unspecified atom stereocenters. The average molecular weight is 484 g/mol. The lowest BCUT2D eigenvalue weighted by molar-refractivity contribution is 0.355. The van der Waals surface area contributed by atoms with Gasteiger partial charge in [0.1, 0.15) is 22.4 Å². The molecule has 5 rings (SSSR count). The summed E-state index contributed by atoms with van der Waals surface area (Å²) in [7, 11) is 8.09. The van der Waals surface area contributed by atoms with E-state index < -0.39 is 0 Å². The second-order valence-corrected chi connectivity index (χ2v) is 8.14. The minimum absolute atomic E-state index is 0.544. The highest BCUT2D eigenvalue weighted by Crippen LogP contribution is 2.48. The minimum Gasteiger partial charge on any atom is -0.496 e. The van der Waals surface area contributed by atoms with Gasteiger partial charge in [-0.1, -0.05) is 42.5 Å². The zero-order valence-electron chi connectivity index (χ0n) is 20.9. The van der Waals surface area contributed by atoms with Gasteiger partial charge in [-0.2, -0.15) is 0 Å². The van der Waals surface area contributed by atoms with Crippen LogP contribution in [0.3, 0.4) is 0 Å². The number of rotatable bonds is 7. The number of methoxy groups -OCH3 is 5. The molecule has 0 bridgehead atoms. The summed E-state index contributed by atoms with van der Waals surface area (Å²) in [6, 6.07) is 23.8. The fourth-order valence-corrected chi connectivity index (χ4v) is 4.58. The van der Waals surface area contributed by atoms with E-state index in [0.717, 1.165) is 32.8 Å². The summed E-state index contributed by atoms with van der Waals surface area (Å²) in [5, 5.41) is 2.97. The van der Waals surface area contributed by atoms with Crippen LogP contribution in [0.25, 0.3) is 44.2 Å². The molecule has 1 aromatic heterocycles. The van der Waals surface area contributed by atoms with E-state index >= 15 is 0 Å². The van der Waals surface area contributed by atoms with Crippen molar-refractivity contribution < 1.29 is 28.1 Å². The Morgan fingerprint density at radius 2 is 1.22 bits per heavy atom. The van der Waals surface area contributed by atoms with Crippen molar-refractivity contribution in [3.05, 3.63) is 72.8 Å². The first kappa shape index (κ1) is 23.3. The minimum atomic E-state index is 0.544. The zero-order valence-corrected chi connectivity index (χ0v) is 20.9. The summed E-state index contributed by atoms with van der Waals surface area (Å²) in [5.74, 6) is 3.57. The zero-order chi connectivity index (χ0) is 25.2. The molecule has 0 aliphatic rings. The maximum absolute atomic E-state index is 6.68. The molecule has 0 fully saturated rings. The van der Waals surface area contributed by atoms with Crippen molar-refractivity contribution in [1.82, 2.24) is 0 Å². The van der Waals surface area contributed by atoms with Gasteiger partial charge in [-0.05, 0) is 22.9 Å². The van der Waals surface area contributed by atoms with Gasteiger partial charge in [-0.15, -0.1) is 0 Å². The fourth-order valence-electron chi connectivity index (χ4n) is 4.58. The lowest BCUT2D eigenvalue weighted by Gasteiger charge is -2.13. The summed E-state index contributed by atoms with van der Waals surface area (Å²) in [6.07, 6.45) is 0. The second-order valence-electron chi connectivity index (χ2n) is 8.14. The number of hydrogen-bond donors (Lipinski definition) is 0. The van der Waals surface area contributed by atoms with E-state index in [1.165, 1.54) is 0 Å². The Bertz CT molecular complexity index is 1570. The van der Waals surface area contributed by atoms with Gasteiger partial charge in [-0.25, -0.2) is 4.42 Å². The third kappa shape index (κ3) is 3.81. The molecular formula is C30H27O6+. The monoisotopic (exact) mass is 483 g/mol. The molecule has 182 valence electrons. The topological polar surface area (TPSA) is 57.5 Å². The second kappa shape index (κ2) is 9.66. The van der Waals surface area contributed by atoms with Crippen LogP contribution in [0.4, 0.5) is 0 Å². The van der Waals surface area contributed by atoms with Crippen LogP contribution >= 0.6 is 0 Å². The third-order valence-corrected chi connectivity index (χ3v) is 6.31. The molecule has 6 nitrogen and oxygen atoms in total. The quantitative estimate of drug-likeness (QED) is 0.227. The Morgan fingerprint density at radius 3 is 1.94 bits per heavy atom. The molecule has 36 heavy (non-hydrogen) atoms. The van der Waals surface area contributed by atoms with Gasteiger partial charge in [0.05, 0.1) is 41.1 Å². The normalized spacial score (nSPS) is 10.9. The first-order valence-corrected chi connectivity index (χ1v) is 11.4. The van der Waals surface area contributed by atoms with Gasteiger partial charge in [0.2, 0.25) is 5.75 Å². The van der Waals surface area contributed by atoms with Gasteiger partial charge < -0.3 is 23.7 Å². The van der Waals surface area contributed by atoms with Crippen molar-refractivity contribution in [1.29, 1.82) is 0 Å². The number of fused-ring (bicyclic) bond motifs is 2. The number of hydrogen-bond acceptors (Lipinski definition) is 5. The maximum Gasteiger partial charge on any atom is 0.402 e. The highest BCUT2D eigenvalue weighted by atomic mass is 16.5. The molecule has 6 heteroatoms. The highest BCUT2D eigenvalue weighted by Gasteiger charge is 2.31. The van der Waals surface area contributed by atoms with Crippen LogP contribution in [-0.2, 0) is 0 Å². The van der Waals surface area contributed by atoms with E-state index in [2.05, 4.69) is 24.3 Å². The lowest BCUT2D eigenvalue weighted by atomic mass is 9.95. The largest absolute Gasteiger partial charge is 0.496 e. The van der Waals surface area contributed by atoms with E-state index in [0.29, 0.717) is 40.1 Å². The number of benzene rings is 4. The Morgan fingerprint density at radius 1 is 0.528 bits per heavy atom. The molecule has 0 N–H and O–H groups in total. The Kier molecular flexibility index (Phi) is 6.25. The molecule has 0 aliphatic heterocycles. The molecule has 0 aliphatic carbocycles. The van der Waals surface area contributed by atoms with Gasteiger partial charge in [0.25, 0.3) is 0 Å². The smallest absolute Gasteiger partial charge is 0.402 e. The van der Waals surface area contributed by atoms with Gasteiger partial charge >= 0.3 is 11.3 Å². The summed E-state index contributed by atoms with van der Waals surface area (Å²) >= 11 is 0. The summed E-state index contributed by atoms with van der Waals surface area (Å²) in [5.41, 5.74) is 3.21. The summed E-state index contributed by atoms with van der Waals surface area (Å²) in [4.78, 5) is 0. The van der Waals surface area contributed by atoms with E-state index in [1.54, 1.807) is 35.5 Å². The first-order chi connectivity index (χ1) is 17.6. The van der Waals surface area contributed by atoms with Gasteiger partial charge in [0.15, 0.2) is 11.5 Å². The van der Waals surface area contributed by atoms with Crippen molar-refractivity contribution in [3.63, 3.8) is 0 Å². The Balaban J connectivity index is 1.89. The molecule has 0 saturated carbocycles. The van der Waals surface area contributed by atoms with Crippen LogP contribution in [-0.4, -0.2) is 35.5 Å². The summed E-state index contributed by atoms with van der Waals surface area (Å²) < 4.78 is 35.0. The molecule has 0 atom stereocenters. The van der Waals surface area contributed by atoms with Crippen LogP contribution in [0.15, 0.2) is 77.2 Å². The molecule has 0 amide bonds. The van der Waals surface area contributed by atoms with Crippen LogP contribution in [0, 0.1) is 0 Å². The molecule has 5 aromatic rings. The predicted molar refractivity (Wildman–Crippen MR) is 142 cm³/mol. The van der Waals surface area contributed by atoms with E-state index in [4.69, 9.17) is 28.1 Å². The van der Waals surface area contributed by atoms with Crippen molar-refractivity contribution in [2.75, 3.05) is 35.5 Å². The van der Waals surface area contributed by atoms with E-state index in [-0.39, 0.29) is 0 Å². The number of ether oxygens (including phenoxy) is 5. The van der Waals surface area contributed by atoms with Crippen molar-refractivity contribution in [3.8, 4) is 51.2 Å². The van der Waals surface area contributed by atoms with Crippen LogP contribution in [0.2, 0.25) is 0 Å². The molecule has 0 radical (unpaired) electrons. The fraction of sp³-hybridized carbons (Fsp3) is 0.167. The predicted octanol–water partition coefficient (Wildman–Crippen LogP) is 7.24. The highest BCUT2D eigenvalue weighted by molar-refractivity contribution is 6.07. The SMILES string of the molecule is COc1ccc(-c2[o+]c3c(-c4cccc5ccccc45)c(OC)cc(OC)c3cc2OC)cc1OC. The van der Waals surface area contributed by atoms with Crippen LogP contribution in [0.1, 0.15) is 0 Å². The summed E-state index contributed by atoms with van der Waals surface area (Å²) in [6.45, 7) is 0. The van der Waals surface area contributed by atoms with Crippen molar-refractivity contribution in [2.45, 2.75) is 0 Å². The standard InChI is InChI=1S/C30H27O6/c1-31-23-14-13-19(15-25(23)33-3)29-27(35-5)16-22-24(32-2)17-26(34-4)28(30(22)36-29)21-12-8-10-18-9-6-7-11-20(18)21/h6-17H,1-5H3/q+1. The van der Waals surface area contributed by atoms with Crippen LogP contribution < -0.4 is 23.7 Å². The van der Waals surface area contributed by atoms with Crippen molar-refractivity contribution in [2.24, 2.45) is 0 Å². The molecule has 4 aromatic carbocycles. The maximum atomic E-state index is 6.68. The molecular weight excluding hydrogens is 456 g/mol. The first-order valence-electron chi connectivity index (χ1n) is 11.4. The van der Waals surface area contributed by atoms with E-state index in [1.807, 2.05) is 48.5 Å². The van der Waals surface area contributed by atoms with E-state index in [9.17, 15) is 0 Å². The molecule has 0 spiro atoms. The van der Waals surface area contributed by atoms with Gasteiger partial charge in [-0.3, -0.25) is 0 Å². The Labute approximate surface area is 209 Å². The average Bonchev–Trinajstić information content (AvgIpc) is 2.94. The lowest BCUT2D eigenvalue weighted by Crippen LogP contribution is -1.97. The molecule has 1 heterocycles. The van der Waals surface area contributed by atoms with Crippen molar-refractivity contribution >= 4 is 21.7 Å².